The number of carboxylic acid groups (broad SMARTS) is 1. The lowest BCUT2D eigenvalue weighted by molar-refractivity contribution is -0.130. The molecule has 0 saturated heterocycles. The summed E-state index contributed by atoms with van der Waals surface area (Å²) in [5.74, 6) is -1.22. The van der Waals surface area contributed by atoms with Crippen molar-refractivity contribution in [2.45, 2.75) is 0 Å². The van der Waals surface area contributed by atoms with Crippen molar-refractivity contribution in [2.75, 3.05) is 0 Å². The number of halogens is 1. The van der Waals surface area contributed by atoms with Crippen LogP contribution in [0.2, 0.25) is 5.02 Å². The van der Waals surface area contributed by atoms with Crippen LogP contribution >= 0.6 is 22.9 Å². The zero-order chi connectivity index (χ0) is 13.1. The van der Waals surface area contributed by atoms with Crippen LogP contribution in [0.4, 0.5) is 0 Å². The van der Waals surface area contributed by atoms with Gasteiger partial charge in [-0.1, -0.05) is 23.7 Å². The Kier molecular flexibility index (Phi) is 3.64. The fourth-order valence-electron chi connectivity index (χ4n) is 1.35. The molecule has 0 unspecified atom stereocenters. The van der Waals surface area contributed by atoms with Crippen LogP contribution in [-0.2, 0) is 4.79 Å². The Balaban J connectivity index is 2.36. The molecule has 1 aromatic carbocycles. The van der Waals surface area contributed by atoms with Crippen LogP contribution in [-0.4, -0.2) is 21.2 Å². The summed E-state index contributed by atoms with van der Waals surface area (Å²) in [6.45, 7) is 0. The molecular formula is C12H8ClNO3S. The number of carboxylic acids is 1. The van der Waals surface area contributed by atoms with Gasteiger partial charge in [-0.3, -0.25) is 0 Å². The first-order valence-corrected chi connectivity index (χ1v) is 6.17. The van der Waals surface area contributed by atoms with Crippen LogP contribution in [0.3, 0.4) is 0 Å². The molecule has 0 atom stereocenters. The zero-order valence-electron chi connectivity index (χ0n) is 9.00. The van der Waals surface area contributed by atoms with Gasteiger partial charge in [0, 0.05) is 16.0 Å². The standard InChI is InChI=1S/C12H8ClNO3S/c13-8-3-1-7(2-4-8)11-14-10(6-18-11)9(5-15)12(16)17/h1-6,15H,(H,16,17). The number of aliphatic hydroxyl groups is 1. The Morgan fingerprint density at radius 3 is 2.56 bits per heavy atom. The Labute approximate surface area is 112 Å². The van der Waals surface area contributed by atoms with Gasteiger partial charge in [0.1, 0.15) is 10.6 Å². The Morgan fingerprint density at radius 2 is 2.00 bits per heavy atom. The van der Waals surface area contributed by atoms with Crippen LogP contribution in [0.5, 0.6) is 0 Å². The lowest BCUT2D eigenvalue weighted by Crippen LogP contribution is -1.99. The number of carbonyl (C=O) groups is 1. The largest absolute Gasteiger partial charge is 0.515 e. The van der Waals surface area contributed by atoms with Crippen molar-refractivity contribution in [1.29, 1.82) is 0 Å². The minimum Gasteiger partial charge on any atom is -0.515 e. The number of aliphatic hydroxyl groups excluding tert-OH is 1. The topological polar surface area (TPSA) is 70.4 Å². The van der Waals surface area contributed by atoms with E-state index in [2.05, 4.69) is 4.98 Å². The highest BCUT2D eigenvalue weighted by Crippen LogP contribution is 2.27. The van der Waals surface area contributed by atoms with Crippen LogP contribution in [0.25, 0.3) is 16.1 Å². The summed E-state index contributed by atoms with van der Waals surface area (Å²) in [5, 5.41) is 20.6. The number of aromatic nitrogens is 1. The summed E-state index contributed by atoms with van der Waals surface area (Å²) in [6.07, 6.45) is 0.545. The lowest BCUT2D eigenvalue weighted by Gasteiger charge is -1.96. The molecule has 0 aliphatic heterocycles. The smallest absolute Gasteiger partial charge is 0.341 e. The third kappa shape index (κ3) is 2.52. The average molecular weight is 282 g/mol. The molecule has 92 valence electrons. The fourth-order valence-corrected chi connectivity index (χ4v) is 2.31. The first-order valence-electron chi connectivity index (χ1n) is 4.91. The van der Waals surface area contributed by atoms with Gasteiger partial charge >= 0.3 is 5.97 Å². The minimum atomic E-state index is -1.22. The number of benzene rings is 1. The summed E-state index contributed by atoms with van der Waals surface area (Å²) in [6, 6.07) is 7.07. The predicted octanol–water partition coefficient (Wildman–Crippen LogP) is 3.45. The molecule has 0 amide bonds. The van der Waals surface area contributed by atoms with E-state index in [1.54, 1.807) is 29.6 Å². The second kappa shape index (κ2) is 5.20. The summed E-state index contributed by atoms with van der Waals surface area (Å²) in [7, 11) is 0. The maximum absolute atomic E-state index is 10.8. The number of hydrogen-bond acceptors (Lipinski definition) is 4. The number of hydrogen-bond donors (Lipinski definition) is 2. The van der Waals surface area contributed by atoms with E-state index in [9.17, 15) is 4.79 Å². The van der Waals surface area contributed by atoms with Crippen molar-refractivity contribution < 1.29 is 15.0 Å². The lowest BCUT2D eigenvalue weighted by atomic mass is 10.2. The summed E-state index contributed by atoms with van der Waals surface area (Å²) in [4.78, 5) is 15.0. The maximum atomic E-state index is 10.8. The molecule has 2 aromatic rings. The Bertz CT molecular complexity index is 604. The molecular weight excluding hydrogens is 274 g/mol. The van der Waals surface area contributed by atoms with Crippen molar-refractivity contribution in [1.82, 2.24) is 4.98 Å². The second-order valence-corrected chi connectivity index (χ2v) is 4.69. The molecule has 0 aliphatic rings. The molecule has 1 aromatic heterocycles. The number of aliphatic carboxylic acids is 1. The molecule has 18 heavy (non-hydrogen) atoms. The molecule has 0 fully saturated rings. The van der Waals surface area contributed by atoms with Gasteiger partial charge in [-0.05, 0) is 12.1 Å². The van der Waals surface area contributed by atoms with Crippen molar-refractivity contribution >= 4 is 34.5 Å². The zero-order valence-corrected chi connectivity index (χ0v) is 10.6. The van der Waals surface area contributed by atoms with Gasteiger partial charge in [0.25, 0.3) is 0 Å². The highest BCUT2D eigenvalue weighted by atomic mass is 35.5. The number of thiazole rings is 1. The van der Waals surface area contributed by atoms with Gasteiger partial charge in [-0.25, -0.2) is 9.78 Å². The maximum Gasteiger partial charge on any atom is 0.341 e. The normalized spacial score (nSPS) is 11.5. The first-order chi connectivity index (χ1) is 8.61. The molecule has 2 N–H and O–H groups in total. The SMILES string of the molecule is O=C(O)C(=CO)c1csc(-c2ccc(Cl)cc2)n1. The van der Waals surface area contributed by atoms with Crippen molar-refractivity contribution in [2.24, 2.45) is 0 Å². The van der Waals surface area contributed by atoms with E-state index >= 15 is 0 Å². The van der Waals surface area contributed by atoms with Gasteiger partial charge in [-0.15, -0.1) is 11.3 Å². The van der Waals surface area contributed by atoms with Crippen LogP contribution < -0.4 is 0 Å². The third-order valence-corrected chi connectivity index (χ3v) is 3.37. The highest BCUT2D eigenvalue weighted by Gasteiger charge is 2.15. The molecule has 4 nitrogen and oxygen atoms in total. The van der Waals surface area contributed by atoms with E-state index in [-0.39, 0.29) is 11.3 Å². The fraction of sp³-hybridized carbons (Fsp3) is 0. The third-order valence-electron chi connectivity index (χ3n) is 2.23. The number of rotatable bonds is 3. The van der Waals surface area contributed by atoms with E-state index in [1.807, 2.05) is 0 Å². The molecule has 0 saturated carbocycles. The molecule has 2 rings (SSSR count). The monoisotopic (exact) mass is 281 g/mol. The molecule has 6 heteroatoms. The van der Waals surface area contributed by atoms with E-state index in [4.69, 9.17) is 21.8 Å². The van der Waals surface area contributed by atoms with Crippen molar-refractivity contribution in [3.8, 4) is 10.6 Å². The van der Waals surface area contributed by atoms with Gasteiger partial charge in [0.2, 0.25) is 0 Å². The van der Waals surface area contributed by atoms with Crippen LogP contribution in [0, 0.1) is 0 Å². The first kappa shape index (κ1) is 12.6. The molecule has 0 aliphatic carbocycles. The average Bonchev–Trinajstić information content (AvgIpc) is 2.80. The summed E-state index contributed by atoms with van der Waals surface area (Å²) >= 11 is 7.08. The molecule has 0 radical (unpaired) electrons. The van der Waals surface area contributed by atoms with Gasteiger partial charge < -0.3 is 10.2 Å². The van der Waals surface area contributed by atoms with Gasteiger partial charge in [-0.2, -0.15) is 0 Å². The predicted molar refractivity (Wildman–Crippen MR) is 70.8 cm³/mol. The summed E-state index contributed by atoms with van der Waals surface area (Å²) < 4.78 is 0. The second-order valence-electron chi connectivity index (χ2n) is 3.39. The molecule has 1 heterocycles. The molecule has 0 spiro atoms. The number of nitrogens with zero attached hydrogens (tertiary/aromatic N) is 1. The molecule has 0 bridgehead atoms. The quantitative estimate of drug-likeness (QED) is 0.668. The van der Waals surface area contributed by atoms with Crippen LogP contribution in [0.15, 0.2) is 35.9 Å². The summed E-state index contributed by atoms with van der Waals surface area (Å²) in [5.41, 5.74) is 0.852. The van der Waals surface area contributed by atoms with E-state index in [0.29, 0.717) is 16.3 Å². The highest BCUT2D eigenvalue weighted by molar-refractivity contribution is 7.13. The van der Waals surface area contributed by atoms with E-state index in [1.165, 1.54) is 11.3 Å². The van der Waals surface area contributed by atoms with Crippen molar-refractivity contribution in [3.05, 3.63) is 46.6 Å². The van der Waals surface area contributed by atoms with E-state index in [0.717, 1.165) is 5.56 Å². The van der Waals surface area contributed by atoms with Crippen molar-refractivity contribution in [3.63, 3.8) is 0 Å². The minimum absolute atomic E-state index is 0.230. The van der Waals surface area contributed by atoms with Crippen LogP contribution in [0.1, 0.15) is 5.69 Å². The Hall–Kier alpha value is -1.85. The Morgan fingerprint density at radius 1 is 1.33 bits per heavy atom. The van der Waals surface area contributed by atoms with Gasteiger partial charge in [0.15, 0.2) is 0 Å². The van der Waals surface area contributed by atoms with Gasteiger partial charge in [0.05, 0.1) is 12.0 Å². The van der Waals surface area contributed by atoms with E-state index < -0.39 is 5.97 Å².